The summed E-state index contributed by atoms with van der Waals surface area (Å²) in [5.74, 6) is 0.886. The molecule has 0 aromatic carbocycles. The van der Waals surface area contributed by atoms with Crippen molar-refractivity contribution in [2.24, 2.45) is 17.4 Å². The number of rotatable bonds is 5. The molecular weight excluding hydrogens is 574 g/mol. The van der Waals surface area contributed by atoms with Gasteiger partial charge in [-0.3, -0.25) is 4.79 Å². The molecule has 4 rings (SSSR count). The molecule has 10 heteroatoms. The molecule has 0 bridgehead atoms. The van der Waals surface area contributed by atoms with E-state index in [2.05, 4.69) is 30.9 Å². The number of methoxy groups -OCH3 is 1. The maximum Gasteiger partial charge on any atom is 0.406 e. The molecule has 0 spiro atoms. The first-order valence-corrected chi connectivity index (χ1v) is 14.6. The van der Waals surface area contributed by atoms with Gasteiger partial charge in [-0.2, -0.15) is 13.2 Å². The lowest BCUT2D eigenvalue weighted by Crippen LogP contribution is -2.37. The second-order valence-corrected chi connectivity index (χ2v) is 9.94. The van der Waals surface area contributed by atoms with Crippen LogP contribution in [0.3, 0.4) is 0 Å². The molecule has 2 aliphatic carbocycles. The van der Waals surface area contributed by atoms with Gasteiger partial charge in [0, 0.05) is 35.9 Å². The molecule has 6 nitrogen and oxygen atoms in total. The molecule has 44 heavy (non-hydrogen) atoms. The minimum Gasteiger partial charge on any atom is -0.501 e. The molecule has 1 aromatic rings. The molecule has 240 valence electrons. The average molecular weight is 618 g/mol. The lowest BCUT2D eigenvalue weighted by Gasteiger charge is -2.25. The van der Waals surface area contributed by atoms with Crippen molar-refractivity contribution in [3.63, 3.8) is 0 Å². The summed E-state index contributed by atoms with van der Waals surface area (Å²) < 4.78 is 62.2. The van der Waals surface area contributed by atoms with Crippen molar-refractivity contribution in [2.45, 2.75) is 65.5 Å². The van der Waals surface area contributed by atoms with Crippen LogP contribution in [0.5, 0.6) is 0 Å². The van der Waals surface area contributed by atoms with Gasteiger partial charge in [0.1, 0.15) is 23.9 Å². The predicted octanol–water partition coefficient (Wildman–Crippen LogP) is 8.30. The highest BCUT2D eigenvalue weighted by molar-refractivity contribution is 5.80. The number of aryl methyl sites for hydroxylation is 1. The van der Waals surface area contributed by atoms with Crippen LogP contribution in [-0.2, 0) is 16.0 Å². The van der Waals surface area contributed by atoms with Gasteiger partial charge in [0.15, 0.2) is 0 Å². The standard InChI is InChI=1S/C19H22N2O2.C13H15F4NO.C2H6/c1-22-17-10-15(4-5-16(11-17)18(21)12-20)13-2-3-14-8-9-23-19(14)7-6-13;1-3-10(14)9-6-5-7-12(19)18(11(9)4-2)8-13(15,16)17;1-2/h4-9,11-13H,2-3,10,20-21H2,1H3;3-4H,1,5-8H2,2H3;1-2H3/b18-12-;10-9+,11-4+;. The number of furan rings is 1. The summed E-state index contributed by atoms with van der Waals surface area (Å²) in [6.45, 7) is 7.34. The van der Waals surface area contributed by atoms with E-state index in [0.29, 0.717) is 22.9 Å². The maximum absolute atomic E-state index is 13.7. The van der Waals surface area contributed by atoms with Crippen molar-refractivity contribution in [2.75, 3.05) is 13.7 Å². The number of hydrogen-bond donors (Lipinski definition) is 2. The van der Waals surface area contributed by atoms with Gasteiger partial charge in [0.25, 0.3) is 0 Å². The fourth-order valence-electron chi connectivity index (χ4n) is 5.04. The Morgan fingerprint density at radius 3 is 2.57 bits per heavy atom. The van der Waals surface area contributed by atoms with E-state index in [-0.39, 0.29) is 24.1 Å². The fraction of sp³-hybridized carbons (Fsp3) is 0.382. The number of nitrogens with zero attached hydrogens (tertiary/aromatic N) is 1. The van der Waals surface area contributed by atoms with Crippen molar-refractivity contribution in [1.82, 2.24) is 4.90 Å². The van der Waals surface area contributed by atoms with E-state index in [1.54, 1.807) is 13.4 Å². The Morgan fingerprint density at radius 1 is 1.23 bits per heavy atom. The lowest BCUT2D eigenvalue weighted by molar-refractivity contribution is -0.156. The molecule has 1 fully saturated rings. The third-order valence-corrected chi connectivity index (χ3v) is 7.21. The van der Waals surface area contributed by atoms with Crippen LogP contribution in [0.1, 0.15) is 64.2 Å². The van der Waals surface area contributed by atoms with E-state index >= 15 is 0 Å². The number of carbonyl (C=O) groups is 1. The number of ether oxygens (including phenoxy) is 1. The Labute approximate surface area is 257 Å². The number of carbonyl (C=O) groups excluding carboxylic acids is 1. The van der Waals surface area contributed by atoms with Gasteiger partial charge in [0.2, 0.25) is 5.91 Å². The monoisotopic (exact) mass is 617 g/mol. The molecule has 1 unspecified atom stereocenters. The van der Waals surface area contributed by atoms with Gasteiger partial charge in [0.05, 0.1) is 19.1 Å². The average Bonchev–Trinajstić information content (AvgIpc) is 3.15. The minimum absolute atomic E-state index is 0.0165. The first-order chi connectivity index (χ1) is 21.0. The quantitative estimate of drug-likeness (QED) is 0.324. The summed E-state index contributed by atoms with van der Waals surface area (Å²) in [5.41, 5.74) is 15.6. The summed E-state index contributed by atoms with van der Waals surface area (Å²) in [7, 11) is 1.69. The van der Waals surface area contributed by atoms with Crippen molar-refractivity contribution in [1.29, 1.82) is 0 Å². The Morgan fingerprint density at radius 2 is 1.95 bits per heavy atom. The van der Waals surface area contributed by atoms with Crippen molar-refractivity contribution >= 4 is 12.0 Å². The van der Waals surface area contributed by atoms with Gasteiger partial charge >= 0.3 is 6.18 Å². The highest BCUT2D eigenvalue weighted by atomic mass is 19.4. The molecule has 1 saturated heterocycles. The zero-order chi connectivity index (χ0) is 32.9. The molecule has 2 heterocycles. The number of amides is 1. The van der Waals surface area contributed by atoms with Crippen molar-refractivity contribution in [3.05, 3.63) is 113 Å². The lowest BCUT2D eigenvalue weighted by atomic mass is 9.91. The molecule has 1 atom stereocenters. The van der Waals surface area contributed by atoms with Crippen LogP contribution in [0.2, 0.25) is 0 Å². The van der Waals surface area contributed by atoms with Crippen LogP contribution < -0.4 is 11.5 Å². The maximum atomic E-state index is 13.7. The van der Waals surface area contributed by atoms with Crippen LogP contribution in [0.25, 0.3) is 6.08 Å². The van der Waals surface area contributed by atoms with Crippen molar-refractivity contribution in [3.8, 4) is 0 Å². The third-order valence-electron chi connectivity index (χ3n) is 7.21. The molecule has 0 radical (unpaired) electrons. The SMILES string of the molecule is C=C/C(F)=C1/CCCC(=O)N(CC(F)(F)F)/C1=C/C.CC.COC1=CC(/C(N)=C/N)=CC=C(C2C=Cc3occc3CC2)C1. The highest BCUT2D eigenvalue weighted by Crippen LogP contribution is 2.34. The largest absolute Gasteiger partial charge is 0.501 e. The van der Waals surface area contributed by atoms with E-state index < -0.39 is 24.5 Å². The number of allylic oxidation sites excluding steroid dienone is 9. The summed E-state index contributed by atoms with van der Waals surface area (Å²) >= 11 is 0. The van der Waals surface area contributed by atoms with Crippen LogP contribution in [-0.4, -0.2) is 30.6 Å². The van der Waals surface area contributed by atoms with Crippen LogP contribution in [0.4, 0.5) is 17.6 Å². The van der Waals surface area contributed by atoms with E-state index in [0.717, 1.165) is 42.4 Å². The first kappa shape index (κ1) is 36.0. The fourth-order valence-corrected chi connectivity index (χ4v) is 5.04. The summed E-state index contributed by atoms with van der Waals surface area (Å²) in [6.07, 6.45) is 14.7. The summed E-state index contributed by atoms with van der Waals surface area (Å²) in [4.78, 5) is 12.3. The smallest absolute Gasteiger partial charge is 0.406 e. The first-order valence-electron chi connectivity index (χ1n) is 14.6. The normalized spacial score (nSPS) is 21.1. The molecular formula is C34H43F4N3O3. The van der Waals surface area contributed by atoms with Gasteiger partial charge in [-0.25, -0.2) is 4.39 Å². The molecule has 3 aliphatic rings. The van der Waals surface area contributed by atoms with E-state index in [4.69, 9.17) is 20.6 Å². The van der Waals surface area contributed by atoms with E-state index in [1.807, 2.05) is 26.0 Å². The Hall–Kier alpha value is -4.21. The van der Waals surface area contributed by atoms with Crippen LogP contribution in [0.15, 0.2) is 106 Å². The topological polar surface area (TPSA) is 94.7 Å². The molecule has 1 amide bonds. The molecule has 4 N–H and O–H groups in total. The number of alkyl halides is 3. The van der Waals surface area contributed by atoms with Gasteiger partial charge in [-0.05, 0) is 68.4 Å². The highest BCUT2D eigenvalue weighted by Gasteiger charge is 2.36. The summed E-state index contributed by atoms with van der Waals surface area (Å²) in [5, 5.41) is 0. The molecule has 0 saturated carbocycles. The van der Waals surface area contributed by atoms with Crippen molar-refractivity contribution < 1.29 is 31.5 Å². The zero-order valence-corrected chi connectivity index (χ0v) is 25.8. The number of likely N-dealkylation sites (tertiary alicyclic amines) is 1. The number of fused-ring (bicyclic) bond motifs is 1. The van der Waals surface area contributed by atoms with Gasteiger partial charge < -0.3 is 25.5 Å². The van der Waals surface area contributed by atoms with Gasteiger partial charge in [-0.15, -0.1) is 0 Å². The van der Waals surface area contributed by atoms with Gasteiger partial charge in [-0.1, -0.05) is 50.3 Å². The van der Waals surface area contributed by atoms with E-state index in [1.165, 1.54) is 30.3 Å². The number of nitrogens with two attached hydrogens (primary N) is 2. The third kappa shape index (κ3) is 9.92. The Kier molecular flexibility index (Phi) is 14.0. The van der Waals surface area contributed by atoms with Crippen LogP contribution in [0, 0.1) is 5.92 Å². The molecule has 1 aliphatic heterocycles. The summed E-state index contributed by atoms with van der Waals surface area (Å²) in [6, 6.07) is 2.05. The second-order valence-electron chi connectivity index (χ2n) is 9.94. The predicted molar refractivity (Wildman–Crippen MR) is 167 cm³/mol. The molecule has 1 aromatic heterocycles. The van der Waals surface area contributed by atoms with Crippen LogP contribution >= 0.6 is 0 Å². The van der Waals surface area contributed by atoms with E-state index in [9.17, 15) is 22.4 Å². The Bertz CT molecular complexity index is 1370. The number of halogens is 4. The zero-order valence-electron chi connectivity index (χ0n) is 25.8. The number of hydrogen-bond acceptors (Lipinski definition) is 5. The minimum atomic E-state index is -4.52. The Balaban J connectivity index is 0.000000296. The second kappa shape index (κ2) is 17.2.